The van der Waals surface area contributed by atoms with Crippen molar-refractivity contribution < 1.29 is 38.1 Å². The number of hydrogen-bond acceptors (Lipinski definition) is 9. The molecule has 0 radical (unpaired) electrons. The van der Waals surface area contributed by atoms with E-state index in [1.54, 1.807) is 0 Å². The van der Waals surface area contributed by atoms with E-state index in [0.29, 0.717) is 0 Å². The van der Waals surface area contributed by atoms with Gasteiger partial charge in [-0.15, -0.1) is 0 Å². The Labute approximate surface area is 144 Å². The van der Waals surface area contributed by atoms with E-state index >= 15 is 0 Å². The number of nitriles is 1. The van der Waals surface area contributed by atoms with Crippen LogP contribution in [0.2, 0.25) is 0 Å². The van der Waals surface area contributed by atoms with E-state index < -0.39 is 60.9 Å². The van der Waals surface area contributed by atoms with Crippen LogP contribution in [0.3, 0.4) is 0 Å². The van der Waals surface area contributed by atoms with Gasteiger partial charge in [0, 0.05) is 20.8 Å². The second kappa shape index (κ2) is 8.98. The molecule has 138 valence electrons. The van der Waals surface area contributed by atoms with Crippen LogP contribution in [-0.4, -0.2) is 60.9 Å². The summed E-state index contributed by atoms with van der Waals surface area (Å²) in [5.74, 6) is -2.58. The van der Waals surface area contributed by atoms with Crippen molar-refractivity contribution in [1.82, 2.24) is 5.32 Å². The van der Waals surface area contributed by atoms with Crippen molar-refractivity contribution in [2.75, 3.05) is 6.61 Å². The first-order chi connectivity index (χ1) is 11.6. The number of morpholine rings is 1. The Kier molecular flexibility index (Phi) is 7.32. The minimum absolute atomic E-state index is 0.410. The molecule has 1 heterocycles. The molecule has 5 unspecified atom stereocenters. The summed E-state index contributed by atoms with van der Waals surface area (Å²) in [6, 6.07) is 0.686. The van der Waals surface area contributed by atoms with Crippen molar-refractivity contribution in [1.29, 1.82) is 5.26 Å². The van der Waals surface area contributed by atoms with Crippen LogP contribution < -0.4 is 5.32 Å². The quantitative estimate of drug-likeness (QED) is 0.478. The molecule has 0 aromatic rings. The maximum atomic E-state index is 11.7. The highest BCUT2D eigenvalue weighted by atomic mass is 16.6. The molecular formula is C15H20N2O8. The zero-order valence-corrected chi connectivity index (χ0v) is 14.3. The van der Waals surface area contributed by atoms with Crippen molar-refractivity contribution in [3.63, 3.8) is 0 Å². The lowest BCUT2D eigenvalue weighted by atomic mass is 9.99. The zero-order valence-electron chi connectivity index (χ0n) is 14.3. The molecule has 25 heavy (non-hydrogen) atoms. The summed E-state index contributed by atoms with van der Waals surface area (Å²) in [7, 11) is 0. The van der Waals surface area contributed by atoms with Gasteiger partial charge in [-0.1, -0.05) is 0 Å². The van der Waals surface area contributed by atoms with Crippen LogP contribution >= 0.6 is 0 Å². The van der Waals surface area contributed by atoms with Crippen molar-refractivity contribution >= 4 is 23.8 Å². The van der Waals surface area contributed by atoms with Gasteiger partial charge in [0.1, 0.15) is 24.9 Å². The average molecular weight is 356 g/mol. The average Bonchev–Trinajstić information content (AvgIpc) is 2.50. The largest absolute Gasteiger partial charge is 0.462 e. The molecule has 1 aliphatic rings. The molecule has 10 nitrogen and oxygen atoms in total. The molecule has 10 heteroatoms. The molecule has 5 atom stereocenters. The van der Waals surface area contributed by atoms with Gasteiger partial charge in [-0.25, -0.2) is 0 Å². The van der Waals surface area contributed by atoms with Crippen LogP contribution in [0.5, 0.6) is 0 Å². The third-order valence-corrected chi connectivity index (χ3v) is 3.26. The molecule has 0 saturated carbocycles. The van der Waals surface area contributed by atoms with Crippen LogP contribution in [0.15, 0.2) is 0 Å². The molecule has 0 aromatic heterocycles. The summed E-state index contributed by atoms with van der Waals surface area (Å²) in [5.41, 5.74) is 0. The van der Waals surface area contributed by atoms with Crippen LogP contribution in [0, 0.1) is 11.3 Å². The van der Waals surface area contributed by atoms with E-state index in [4.69, 9.17) is 18.9 Å². The second-order valence-corrected chi connectivity index (χ2v) is 5.38. The standard InChI is InChI=1S/C15H20N2O8/c1-7-15(21)17-11(5-16)13(23-7)14(25-10(4)20)12(24-9(3)19)6-22-8(2)18/h7,11-14H,6H2,1-4H3,(H,17,21). The Morgan fingerprint density at radius 3 is 2.28 bits per heavy atom. The summed E-state index contributed by atoms with van der Waals surface area (Å²) in [6.45, 7) is 4.44. The number of rotatable bonds is 6. The fourth-order valence-electron chi connectivity index (χ4n) is 2.26. The Hall–Kier alpha value is -2.67. The minimum Gasteiger partial charge on any atom is -0.462 e. The summed E-state index contributed by atoms with van der Waals surface area (Å²) >= 11 is 0. The third kappa shape index (κ3) is 6.04. The SMILES string of the molecule is CC(=O)OCC(OC(C)=O)C(OC(C)=O)C1OC(C)C(=O)NC1C#N. The van der Waals surface area contributed by atoms with E-state index in [2.05, 4.69) is 5.32 Å². The Morgan fingerprint density at radius 1 is 1.20 bits per heavy atom. The highest BCUT2D eigenvalue weighted by molar-refractivity contribution is 5.81. The van der Waals surface area contributed by atoms with Crippen LogP contribution in [0.4, 0.5) is 0 Å². The lowest BCUT2D eigenvalue weighted by molar-refractivity contribution is -0.196. The van der Waals surface area contributed by atoms with Crippen molar-refractivity contribution in [2.45, 2.75) is 58.2 Å². The molecule has 1 N–H and O–H groups in total. The Balaban J connectivity index is 3.14. The summed E-state index contributed by atoms with van der Waals surface area (Å²) in [5, 5.41) is 11.7. The minimum atomic E-state index is -1.27. The highest BCUT2D eigenvalue weighted by Gasteiger charge is 2.45. The molecule has 1 aliphatic heterocycles. The first kappa shape index (κ1) is 20.4. The van der Waals surface area contributed by atoms with Crippen molar-refractivity contribution in [3.8, 4) is 6.07 Å². The summed E-state index contributed by atoms with van der Waals surface area (Å²) in [4.78, 5) is 45.6. The van der Waals surface area contributed by atoms with Gasteiger partial charge in [0.15, 0.2) is 12.2 Å². The molecule has 1 amide bonds. The van der Waals surface area contributed by atoms with Gasteiger partial charge >= 0.3 is 17.9 Å². The molecule has 1 fully saturated rings. The number of nitrogens with zero attached hydrogens (tertiary/aromatic N) is 1. The fraction of sp³-hybridized carbons (Fsp3) is 0.667. The van der Waals surface area contributed by atoms with E-state index in [1.165, 1.54) is 6.92 Å². The third-order valence-electron chi connectivity index (χ3n) is 3.26. The van der Waals surface area contributed by atoms with E-state index in [9.17, 15) is 24.4 Å². The fourth-order valence-corrected chi connectivity index (χ4v) is 2.26. The maximum absolute atomic E-state index is 11.7. The van der Waals surface area contributed by atoms with Gasteiger partial charge in [-0.05, 0) is 6.92 Å². The number of hydrogen-bond donors (Lipinski definition) is 1. The number of ether oxygens (including phenoxy) is 4. The summed E-state index contributed by atoms with van der Waals surface area (Å²) in [6.07, 6.45) is -4.53. The smallest absolute Gasteiger partial charge is 0.303 e. The van der Waals surface area contributed by atoms with E-state index in [0.717, 1.165) is 20.8 Å². The topological polar surface area (TPSA) is 141 Å². The van der Waals surface area contributed by atoms with Gasteiger partial charge in [-0.2, -0.15) is 5.26 Å². The monoisotopic (exact) mass is 356 g/mol. The Morgan fingerprint density at radius 2 is 1.80 bits per heavy atom. The molecule has 0 aromatic carbocycles. The van der Waals surface area contributed by atoms with Crippen LogP contribution in [0.25, 0.3) is 0 Å². The molecular weight excluding hydrogens is 336 g/mol. The number of carbonyl (C=O) groups excluding carboxylic acids is 4. The van der Waals surface area contributed by atoms with Gasteiger partial charge in [-0.3, -0.25) is 19.2 Å². The molecule has 1 saturated heterocycles. The first-order valence-electron chi connectivity index (χ1n) is 7.49. The van der Waals surface area contributed by atoms with Gasteiger partial charge in [0.05, 0.1) is 6.07 Å². The first-order valence-corrected chi connectivity index (χ1v) is 7.49. The normalized spacial score (nSPS) is 24.9. The molecule has 0 bridgehead atoms. The Bertz CT molecular complexity index is 585. The number of amides is 1. The number of esters is 3. The maximum Gasteiger partial charge on any atom is 0.303 e. The lowest BCUT2D eigenvalue weighted by Gasteiger charge is -2.38. The van der Waals surface area contributed by atoms with Gasteiger partial charge in [0.25, 0.3) is 0 Å². The second-order valence-electron chi connectivity index (χ2n) is 5.38. The number of carbonyl (C=O) groups is 4. The van der Waals surface area contributed by atoms with Crippen molar-refractivity contribution in [3.05, 3.63) is 0 Å². The predicted octanol–water partition coefficient (Wildman–Crippen LogP) is -0.791. The van der Waals surface area contributed by atoms with E-state index in [-0.39, 0.29) is 0 Å². The van der Waals surface area contributed by atoms with Crippen molar-refractivity contribution in [2.24, 2.45) is 0 Å². The molecule has 0 spiro atoms. The summed E-state index contributed by atoms with van der Waals surface area (Å²) < 4.78 is 20.6. The lowest BCUT2D eigenvalue weighted by Crippen LogP contribution is -2.62. The number of nitrogens with one attached hydrogen (secondary N) is 1. The van der Waals surface area contributed by atoms with Crippen LogP contribution in [0.1, 0.15) is 27.7 Å². The highest BCUT2D eigenvalue weighted by Crippen LogP contribution is 2.21. The van der Waals surface area contributed by atoms with Crippen LogP contribution in [-0.2, 0) is 38.1 Å². The predicted molar refractivity (Wildman–Crippen MR) is 79.6 cm³/mol. The molecule has 1 rings (SSSR count). The van der Waals surface area contributed by atoms with Gasteiger partial charge < -0.3 is 24.3 Å². The van der Waals surface area contributed by atoms with E-state index in [1.807, 2.05) is 6.07 Å². The molecule has 0 aliphatic carbocycles. The van der Waals surface area contributed by atoms with Gasteiger partial charge in [0.2, 0.25) is 5.91 Å². The zero-order chi connectivity index (χ0) is 19.1.